The van der Waals surface area contributed by atoms with Crippen molar-refractivity contribution >= 4 is 49.3 Å². The van der Waals surface area contributed by atoms with Gasteiger partial charge in [-0.1, -0.05) is 95.7 Å². The van der Waals surface area contributed by atoms with E-state index >= 15 is 0 Å². The Morgan fingerprint density at radius 1 is 0.529 bits per heavy atom. The molecule has 1 aliphatic carbocycles. The van der Waals surface area contributed by atoms with Crippen LogP contribution in [0, 0.1) is 12.1 Å². The third-order valence-corrected chi connectivity index (χ3v) is 10.5. The number of imidazole rings is 1. The molecule has 0 amide bonds. The van der Waals surface area contributed by atoms with E-state index in [1.807, 2.05) is 24.5 Å². The normalized spacial score (nSPS) is 13.1. The fourth-order valence-corrected chi connectivity index (χ4v) is 8.43. The maximum Gasteiger partial charge on any atom is 2.00 e. The van der Waals surface area contributed by atoms with E-state index in [-0.39, 0.29) is 21.1 Å². The molecule has 1 aliphatic rings. The van der Waals surface area contributed by atoms with Crippen LogP contribution in [0.4, 0.5) is 0 Å². The van der Waals surface area contributed by atoms with Gasteiger partial charge in [-0.25, -0.2) is 0 Å². The van der Waals surface area contributed by atoms with Gasteiger partial charge in [-0.15, -0.1) is 59.2 Å². The Labute approximate surface area is 308 Å². The van der Waals surface area contributed by atoms with Gasteiger partial charge in [-0.2, -0.15) is 0 Å². The first-order valence-electron chi connectivity index (χ1n) is 16.9. The number of rotatable bonds is 3. The molecule has 5 heteroatoms. The van der Waals surface area contributed by atoms with Gasteiger partial charge >= 0.3 is 21.1 Å². The Morgan fingerprint density at radius 3 is 2.12 bits per heavy atom. The van der Waals surface area contributed by atoms with Crippen molar-refractivity contribution in [2.45, 2.75) is 5.41 Å². The van der Waals surface area contributed by atoms with E-state index in [0.717, 1.165) is 71.6 Å². The molecule has 0 atom stereocenters. The van der Waals surface area contributed by atoms with Gasteiger partial charge in [-0.05, 0) is 69.1 Å². The molecule has 10 aromatic rings. The van der Waals surface area contributed by atoms with Crippen LogP contribution in [0.1, 0.15) is 22.3 Å². The minimum Gasteiger partial charge on any atom is -0.332 e. The largest absolute Gasteiger partial charge is 2.00 e. The standard InChI is InChI=1S/C46H26N4.Pt/c1-2-14-33-29(11-1)24-26-48-43(33)30-12-9-13-31(27-30)46(38-17-5-3-15-34(38)35-16-4-6-18-39(35)46)32-22-23-36-37(28-32)45-49-40-19-7-8-20-41(40)50(45)42-21-10-25-47-44(36)42;/h1-26H;/q-2;+2. The molecule has 4 aromatic heterocycles. The van der Waals surface area contributed by atoms with Crippen LogP contribution in [-0.4, -0.2) is 19.4 Å². The molecule has 0 spiro atoms. The molecule has 0 saturated heterocycles. The van der Waals surface area contributed by atoms with Gasteiger partial charge in [0.15, 0.2) is 0 Å². The van der Waals surface area contributed by atoms with Crippen LogP contribution in [0.3, 0.4) is 0 Å². The summed E-state index contributed by atoms with van der Waals surface area (Å²) in [6.07, 6.45) is 3.76. The molecular formula is C46H26N4Pt. The molecule has 11 rings (SSSR count). The van der Waals surface area contributed by atoms with E-state index in [1.165, 1.54) is 22.3 Å². The van der Waals surface area contributed by atoms with Crippen molar-refractivity contribution in [3.63, 3.8) is 0 Å². The molecule has 0 saturated carbocycles. The summed E-state index contributed by atoms with van der Waals surface area (Å²) in [6, 6.07) is 59.4. The summed E-state index contributed by atoms with van der Waals surface area (Å²) in [4.78, 5) is 15.0. The van der Waals surface area contributed by atoms with Crippen molar-refractivity contribution in [1.82, 2.24) is 19.4 Å². The Morgan fingerprint density at radius 2 is 1.25 bits per heavy atom. The van der Waals surface area contributed by atoms with Crippen LogP contribution in [0.2, 0.25) is 0 Å². The first-order chi connectivity index (χ1) is 24.8. The van der Waals surface area contributed by atoms with E-state index in [0.29, 0.717) is 0 Å². The average Bonchev–Trinajstić information content (AvgIpc) is 3.73. The van der Waals surface area contributed by atoms with Crippen molar-refractivity contribution in [3.8, 4) is 22.4 Å². The smallest absolute Gasteiger partial charge is 0.332 e. The monoisotopic (exact) mass is 829 g/mol. The molecule has 0 unspecified atom stereocenters. The summed E-state index contributed by atoms with van der Waals surface area (Å²) < 4.78 is 2.24. The minimum atomic E-state index is -0.704. The van der Waals surface area contributed by atoms with Crippen LogP contribution < -0.4 is 0 Å². The predicted octanol–water partition coefficient (Wildman–Crippen LogP) is 10.4. The van der Waals surface area contributed by atoms with Crippen molar-refractivity contribution < 1.29 is 21.1 Å². The average molecular weight is 830 g/mol. The Kier molecular flexibility index (Phi) is 6.62. The zero-order chi connectivity index (χ0) is 32.8. The summed E-state index contributed by atoms with van der Waals surface area (Å²) in [5.74, 6) is 0. The van der Waals surface area contributed by atoms with E-state index in [4.69, 9.17) is 15.0 Å². The van der Waals surface area contributed by atoms with Crippen LogP contribution in [0.25, 0.3) is 71.6 Å². The first-order valence-corrected chi connectivity index (χ1v) is 16.9. The number of nitrogens with zero attached hydrogens (tertiary/aromatic N) is 4. The molecule has 4 heterocycles. The molecule has 0 radical (unpaired) electrons. The number of hydrogen-bond acceptors (Lipinski definition) is 3. The van der Waals surface area contributed by atoms with Crippen molar-refractivity contribution in [2.75, 3.05) is 0 Å². The fraction of sp³-hybridized carbons (Fsp3) is 0.0217. The molecule has 4 nitrogen and oxygen atoms in total. The van der Waals surface area contributed by atoms with Crippen LogP contribution in [-0.2, 0) is 26.5 Å². The summed E-state index contributed by atoms with van der Waals surface area (Å²) in [6.45, 7) is 0. The van der Waals surface area contributed by atoms with E-state index < -0.39 is 5.41 Å². The quantitative estimate of drug-likeness (QED) is 0.132. The van der Waals surface area contributed by atoms with E-state index in [1.54, 1.807) is 0 Å². The Balaban J connectivity index is 0.00000327. The summed E-state index contributed by atoms with van der Waals surface area (Å²) in [5.41, 5.74) is 12.9. The number of fused-ring (bicyclic) bond motifs is 12. The maximum absolute atomic E-state index is 5.22. The number of pyridine rings is 3. The number of benzene rings is 6. The molecule has 0 fully saturated rings. The minimum absolute atomic E-state index is 0. The zero-order valence-electron chi connectivity index (χ0n) is 27.1. The molecular weight excluding hydrogens is 804 g/mol. The second-order valence-electron chi connectivity index (χ2n) is 13.0. The number of aromatic nitrogens is 4. The SMILES string of the molecule is [Pt+2].[c-]1c(-c2nccc3ccccc23)cccc1C1(c2[c-]c3c(cc2)c2ncccc2n2c4ccccc4nc32)c2ccccc2-c2ccccc21. The topological polar surface area (TPSA) is 43.1 Å². The summed E-state index contributed by atoms with van der Waals surface area (Å²) in [7, 11) is 0. The first kappa shape index (κ1) is 29.9. The van der Waals surface area contributed by atoms with Gasteiger partial charge in [-0.3, -0.25) is 9.97 Å². The van der Waals surface area contributed by atoms with Gasteiger partial charge in [0.25, 0.3) is 0 Å². The second kappa shape index (κ2) is 11.3. The third-order valence-electron chi connectivity index (χ3n) is 10.5. The number of para-hydroxylation sites is 2. The van der Waals surface area contributed by atoms with Gasteiger partial charge < -0.3 is 9.38 Å². The van der Waals surface area contributed by atoms with Gasteiger partial charge in [0.1, 0.15) is 0 Å². The predicted molar refractivity (Wildman–Crippen MR) is 201 cm³/mol. The molecule has 6 aromatic carbocycles. The van der Waals surface area contributed by atoms with Gasteiger partial charge in [0, 0.05) is 17.8 Å². The van der Waals surface area contributed by atoms with E-state index in [9.17, 15) is 0 Å². The molecule has 0 N–H and O–H groups in total. The van der Waals surface area contributed by atoms with Gasteiger partial charge in [0.05, 0.1) is 27.7 Å². The molecule has 240 valence electrons. The zero-order valence-corrected chi connectivity index (χ0v) is 29.4. The Bertz CT molecular complexity index is 2970. The Hall–Kier alpha value is -5.96. The molecule has 0 aliphatic heterocycles. The summed E-state index contributed by atoms with van der Waals surface area (Å²) in [5, 5.41) is 4.23. The second-order valence-corrected chi connectivity index (χ2v) is 13.0. The fourth-order valence-electron chi connectivity index (χ4n) is 8.43. The van der Waals surface area contributed by atoms with E-state index in [2.05, 4.69) is 150 Å². The van der Waals surface area contributed by atoms with Gasteiger partial charge in [0.2, 0.25) is 0 Å². The van der Waals surface area contributed by atoms with Crippen LogP contribution in [0.5, 0.6) is 0 Å². The van der Waals surface area contributed by atoms with Crippen molar-refractivity contribution in [2.24, 2.45) is 0 Å². The summed E-state index contributed by atoms with van der Waals surface area (Å²) >= 11 is 0. The number of hydrogen-bond donors (Lipinski definition) is 0. The van der Waals surface area contributed by atoms with Crippen molar-refractivity contribution in [1.29, 1.82) is 0 Å². The molecule has 51 heavy (non-hydrogen) atoms. The molecule has 0 bridgehead atoms. The maximum atomic E-state index is 5.22. The van der Waals surface area contributed by atoms with Crippen LogP contribution in [0.15, 0.2) is 158 Å². The van der Waals surface area contributed by atoms with Crippen LogP contribution >= 0.6 is 0 Å². The third kappa shape index (κ3) is 4.08. The van der Waals surface area contributed by atoms with Crippen molar-refractivity contribution in [3.05, 3.63) is 192 Å².